The molecule has 0 fully saturated rings. The maximum absolute atomic E-state index is 12.0. The largest absolute Gasteiger partial charge is 0.478 e. The molecule has 0 radical (unpaired) electrons. The molecule has 8 heteroatoms. The fraction of sp³-hybridized carbons (Fsp3) is 0.417. The number of rotatable bonds is 7. The van der Waals surface area contributed by atoms with Crippen LogP contribution >= 0.6 is 11.8 Å². The fourth-order valence-corrected chi connectivity index (χ4v) is 3.27. The summed E-state index contributed by atoms with van der Waals surface area (Å²) in [7, 11) is 0.722. The first-order valence-electron chi connectivity index (χ1n) is 5.72. The zero-order valence-corrected chi connectivity index (χ0v) is 13.1. The van der Waals surface area contributed by atoms with E-state index >= 15 is 0 Å². The number of hydrogen-bond acceptors (Lipinski definition) is 5. The van der Waals surface area contributed by atoms with E-state index in [9.17, 15) is 18.3 Å². The number of carboxylic acid groups (broad SMARTS) is 1. The molecule has 0 saturated heterocycles. The van der Waals surface area contributed by atoms with Crippen LogP contribution in [0.5, 0.6) is 0 Å². The lowest BCUT2D eigenvalue weighted by Crippen LogP contribution is -2.22. The van der Waals surface area contributed by atoms with Gasteiger partial charge in [-0.2, -0.15) is 0 Å². The van der Waals surface area contributed by atoms with Crippen LogP contribution in [-0.4, -0.2) is 57.4 Å². The molecule has 1 aromatic rings. The topological polar surface area (TPSA) is 83.9 Å². The van der Waals surface area contributed by atoms with Crippen LogP contribution in [0.2, 0.25) is 0 Å². The van der Waals surface area contributed by atoms with Crippen LogP contribution in [0.15, 0.2) is 28.0 Å². The van der Waals surface area contributed by atoms with Gasteiger partial charge in [-0.05, 0) is 18.2 Å². The second kappa shape index (κ2) is 7.07. The van der Waals surface area contributed by atoms with Crippen molar-refractivity contribution in [2.75, 3.05) is 33.6 Å². The van der Waals surface area contributed by atoms with Gasteiger partial charge in [-0.15, -0.1) is 11.8 Å². The third kappa shape index (κ3) is 3.95. The Morgan fingerprint density at radius 1 is 1.40 bits per heavy atom. The summed E-state index contributed by atoms with van der Waals surface area (Å²) < 4.78 is 29.9. The summed E-state index contributed by atoms with van der Waals surface area (Å²) in [5.74, 6) is -0.558. The fourth-order valence-electron chi connectivity index (χ4n) is 1.41. The van der Waals surface area contributed by atoms with E-state index in [-0.39, 0.29) is 10.5 Å². The molecule has 0 aliphatic rings. The Labute approximate surface area is 122 Å². The average molecular weight is 319 g/mol. The van der Waals surface area contributed by atoms with Crippen molar-refractivity contribution < 1.29 is 23.1 Å². The number of hydrogen-bond donors (Lipinski definition) is 1. The molecule has 1 N–H and O–H groups in total. The Bertz CT molecular complexity index is 584. The molecule has 0 spiro atoms. The summed E-state index contributed by atoms with van der Waals surface area (Å²) in [5.41, 5.74) is -0.0194. The van der Waals surface area contributed by atoms with Crippen molar-refractivity contribution in [2.24, 2.45) is 0 Å². The number of carboxylic acids is 1. The van der Waals surface area contributed by atoms with E-state index in [4.69, 9.17) is 4.74 Å². The van der Waals surface area contributed by atoms with Crippen molar-refractivity contribution in [3.63, 3.8) is 0 Å². The highest BCUT2D eigenvalue weighted by molar-refractivity contribution is 7.99. The first-order valence-corrected chi connectivity index (χ1v) is 8.15. The van der Waals surface area contributed by atoms with E-state index in [0.29, 0.717) is 17.3 Å². The Kier molecular flexibility index (Phi) is 6.00. The molecule has 0 bridgehead atoms. The van der Waals surface area contributed by atoms with E-state index in [1.165, 1.54) is 44.1 Å². The van der Waals surface area contributed by atoms with E-state index < -0.39 is 16.0 Å². The third-order valence-corrected chi connectivity index (χ3v) is 5.35. The van der Waals surface area contributed by atoms with Gasteiger partial charge in [0.25, 0.3) is 0 Å². The summed E-state index contributed by atoms with van der Waals surface area (Å²) in [5, 5.41) is 9.20. The van der Waals surface area contributed by atoms with Crippen molar-refractivity contribution >= 4 is 27.8 Å². The summed E-state index contributed by atoms with van der Waals surface area (Å²) >= 11 is 1.31. The highest BCUT2D eigenvalue weighted by atomic mass is 32.2. The van der Waals surface area contributed by atoms with Crippen molar-refractivity contribution in [2.45, 2.75) is 9.79 Å². The summed E-state index contributed by atoms with van der Waals surface area (Å²) in [6, 6.07) is 4.11. The first-order chi connectivity index (χ1) is 9.30. The zero-order chi connectivity index (χ0) is 15.3. The van der Waals surface area contributed by atoms with Crippen molar-refractivity contribution in [1.82, 2.24) is 4.31 Å². The summed E-state index contributed by atoms with van der Waals surface area (Å²) in [6.45, 7) is 0.488. The number of nitrogens with zero attached hydrogens (tertiary/aromatic N) is 1. The van der Waals surface area contributed by atoms with Crippen LogP contribution in [0.4, 0.5) is 0 Å². The number of methoxy groups -OCH3 is 1. The molecular formula is C12H17NO5S2. The van der Waals surface area contributed by atoms with E-state index in [0.717, 1.165) is 4.31 Å². The zero-order valence-electron chi connectivity index (χ0n) is 11.5. The molecule has 0 atom stereocenters. The van der Waals surface area contributed by atoms with Crippen molar-refractivity contribution in [3.8, 4) is 0 Å². The summed E-state index contributed by atoms with van der Waals surface area (Å²) in [6.07, 6.45) is 0. The van der Waals surface area contributed by atoms with Crippen LogP contribution in [0.25, 0.3) is 0 Å². The van der Waals surface area contributed by atoms with Gasteiger partial charge in [0.2, 0.25) is 10.0 Å². The molecule has 1 rings (SSSR count). The molecule has 6 nitrogen and oxygen atoms in total. The third-order valence-electron chi connectivity index (χ3n) is 2.51. The Hall–Kier alpha value is -1.09. The van der Waals surface area contributed by atoms with Gasteiger partial charge in [0.1, 0.15) is 0 Å². The van der Waals surface area contributed by atoms with Crippen LogP contribution in [-0.2, 0) is 14.8 Å². The molecule has 0 amide bonds. The molecule has 0 aliphatic carbocycles. The number of ether oxygens (including phenoxy) is 1. The molecule has 112 valence electrons. The second-order valence-electron chi connectivity index (χ2n) is 4.09. The molecule has 20 heavy (non-hydrogen) atoms. The van der Waals surface area contributed by atoms with Gasteiger partial charge in [-0.1, -0.05) is 0 Å². The molecule has 0 aromatic heterocycles. The van der Waals surface area contributed by atoms with Gasteiger partial charge in [0.15, 0.2) is 0 Å². The quantitative estimate of drug-likeness (QED) is 0.604. The average Bonchev–Trinajstić information content (AvgIpc) is 2.38. The number of carbonyl (C=O) groups is 1. The molecule has 0 heterocycles. The lowest BCUT2D eigenvalue weighted by Gasteiger charge is -2.13. The minimum absolute atomic E-state index is 0.0194. The Morgan fingerprint density at radius 2 is 2.05 bits per heavy atom. The second-order valence-corrected chi connectivity index (χ2v) is 7.38. The van der Waals surface area contributed by atoms with Gasteiger partial charge in [-0.3, -0.25) is 0 Å². The molecule has 0 unspecified atom stereocenters. The van der Waals surface area contributed by atoms with E-state index in [2.05, 4.69) is 0 Å². The van der Waals surface area contributed by atoms with Gasteiger partial charge in [0, 0.05) is 31.9 Å². The van der Waals surface area contributed by atoms with Crippen LogP contribution < -0.4 is 0 Å². The van der Waals surface area contributed by atoms with Gasteiger partial charge in [-0.25, -0.2) is 17.5 Å². The van der Waals surface area contributed by atoms with Gasteiger partial charge in [0.05, 0.1) is 17.1 Å². The number of aromatic carboxylic acids is 1. The lowest BCUT2D eigenvalue weighted by molar-refractivity contribution is 0.0693. The number of thioether (sulfide) groups is 1. The predicted molar refractivity (Wildman–Crippen MR) is 76.9 cm³/mol. The normalized spacial score (nSPS) is 11.8. The standard InChI is InChI=1S/C12H17NO5S2/c1-13(2)20(16,17)9-4-5-11(19-7-6-18-3)10(8-9)12(14)15/h4-5,8H,6-7H2,1-3H3,(H,14,15). The van der Waals surface area contributed by atoms with Gasteiger partial charge < -0.3 is 9.84 Å². The van der Waals surface area contributed by atoms with Gasteiger partial charge >= 0.3 is 5.97 Å². The maximum Gasteiger partial charge on any atom is 0.336 e. The maximum atomic E-state index is 12.0. The number of sulfonamides is 1. The highest BCUT2D eigenvalue weighted by Gasteiger charge is 2.21. The monoisotopic (exact) mass is 319 g/mol. The molecule has 0 aliphatic heterocycles. The minimum Gasteiger partial charge on any atom is -0.478 e. The van der Waals surface area contributed by atoms with E-state index in [1.54, 1.807) is 7.11 Å². The van der Waals surface area contributed by atoms with Crippen molar-refractivity contribution in [3.05, 3.63) is 23.8 Å². The lowest BCUT2D eigenvalue weighted by atomic mass is 10.2. The first kappa shape index (κ1) is 17.0. The molecule has 1 aromatic carbocycles. The molecule has 0 saturated carbocycles. The van der Waals surface area contributed by atoms with E-state index in [1.807, 2.05) is 0 Å². The number of benzene rings is 1. The SMILES string of the molecule is COCCSc1ccc(S(=O)(=O)N(C)C)cc1C(=O)O. The van der Waals surface area contributed by atoms with Crippen molar-refractivity contribution in [1.29, 1.82) is 0 Å². The highest BCUT2D eigenvalue weighted by Crippen LogP contribution is 2.26. The summed E-state index contributed by atoms with van der Waals surface area (Å²) in [4.78, 5) is 11.7. The van der Waals surface area contributed by atoms with Crippen LogP contribution in [0, 0.1) is 0 Å². The Balaban J connectivity index is 3.17. The van der Waals surface area contributed by atoms with Crippen LogP contribution in [0.1, 0.15) is 10.4 Å². The smallest absolute Gasteiger partial charge is 0.336 e. The molecular weight excluding hydrogens is 302 g/mol. The minimum atomic E-state index is -3.64. The Morgan fingerprint density at radius 3 is 2.55 bits per heavy atom. The predicted octanol–water partition coefficient (Wildman–Crippen LogP) is 1.37. The van der Waals surface area contributed by atoms with Crippen LogP contribution in [0.3, 0.4) is 0 Å².